The van der Waals surface area contributed by atoms with Gasteiger partial charge in [0.05, 0.1) is 6.54 Å². The highest BCUT2D eigenvalue weighted by molar-refractivity contribution is 5.95. The number of benzene rings is 2. The van der Waals surface area contributed by atoms with Crippen molar-refractivity contribution in [2.45, 2.75) is 20.4 Å². The van der Waals surface area contributed by atoms with Gasteiger partial charge in [-0.3, -0.25) is 9.69 Å². The molecule has 6 heteroatoms. The van der Waals surface area contributed by atoms with Crippen molar-refractivity contribution in [3.05, 3.63) is 71.0 Å². The third-order valence-electron chi connectivity index (χ3n) is 5.13. The lowest BCUT2D eigenvalue weighted by atomic mass is 10.1. The van der Waals surface area contributed by atoms with E-state index in [2.05, 4.69) is 15.0 Å². The topological polar surface area (TPSA) is 62.5 Å². The van der Waals surface area contributed by atoms with Crippen LogP contribution in [-0.4, -0.2) is 52.0 Å². The van der Waals surface area contributed by atoms with Crippen molar-refractivity contribution in [3.8, 4) is 11.5 Å². The molecular formula is C22H24N4O2. The number of aromatic nitrogens is 2. The van der Waals surface area contributed by atoms with Gasteiger partial charge in [0, 0.05) is 37.3 Å². The van der Waals surface area contributed by atoms with Crippen LogP contribution in [-0.2, 0) is 6.54 Å². The van der Waals surface area contributed by atoms with Crippen LogP contribution in [0, 0.1) is 13.8 Å². The maximum Gasteiger partial charge on any atom is 0.257 e. The fourth-order valence-corrected chi connectivity index (χ4v) is 3.51. The zero-order valence-corrected chi connectivity index (χ0v) is 16.3. The summed E-state index contributed by atoms with van der Waals surface area (Å²) in [6, 6.07) is 15.8. The Bertz CT molecular complexity index is 974. The molecule has 0 radical (unpaired) electrons. The largest absolute Gasteiger partial charge is 0.336 e. The maximum absolute atomic E-state index is 12.7. The Hall–Kier alpha value is -2.99. The summed E-state index contributed by atoms with van der Waals surface area (Å²) in [6.07, 6.45) is 0. The van der Waals surface area contributed by atoms with Gasteiger partial charge in [0.15, 0.2) is 5.82 Å². The molecule has 1 aliphatic rings. The lowest BCUT2D eigenvalue weighted by Crippen LogP contribution is -2.48. The number of carbonyl (C=O) groups is 1. The summed E-state index contributed by atoms with van der Waals surface area (Å²) < 4.78 is 5.43. The van der Waals surface area contributed by atoms with E-state index in [1.807, 2.05) is 67.3 Å². The molecule has 0 spiro atoms. The summed E-state index contributed by atoms with van der Waals surface area (Å²) in [5, 5.41) is 4.12. The number of amides is 1. The molecule has 3 aromatic rings. The molecule has 6 nitrogen and oxygen atoms in total. The molecule has 0 unspecified atom stereocenters. The van der Waals surface area contributed by atoms with Crippen LogP contribution in [0.1, 0.15) is 27.3 Å². The summed E-state index contributed by atoms with van der Waals surface area (Å²) in [7, 11) is 0. The minimum atomic E-state index is 0.110. The van der Waals surface area contributed by atoms with E-state index in [1.165, 1.54) is 0 Å². The second-order valence-electron chi connectivity index (χ2n) is 7.27. The van der Waals surface area contributed by atoms with Crippen LogP contribution in [0.25, 0.3) is 11.5 Å². The van der Waals surface area contributed by atoms with Crippen LogP contribution in [0.3, 0.4) is 0 Å². The lowest BCUT2D eigenvalue weighted by molar-refractivity contribution is 0.0623. The zero-order valence-electron chi connectivity index (χ0n) is 16.3. The van der Waals surface area contributed by atoms with Gasteiger partial charge in [-0.15, -0.1) is 0 Å². The van der Waals surface area contributed by atoms with Gasteiger partial charge >= 0.3 is 0 Å². The molecular weight excluding hydrogens is 352 g/mol. The molecule has 2 aromatic carbocycles. The fourth-order valence-electron chi connectivity index (χ4n) is 3.51. The lowest BCUT2D eigenvalue weighted by Gasteiger charge is -2.34. The number of piperazine rings is 1. The molecule has 0 N–H and O–H groups in total. The van der Waals surface area contributed by atoms with Crippen molar-refractivity contribution in [2.24, 2.45) is 0 Å². The molecule has 1 saturated heterocycles. The van der Waals surface area contributed by atoms with E-state index in [4.69, 9.17) is 4.52 Å². The molecule has 0 saturated carbocycles. The van der Waals surface area contributed by atoms with Crippen molar-refractivity contribution < 1.29 is 9.32 Å². The Morgan fingerprint density at radius 3 is 2.57 bits per heavy atom. The molecule has 0 aliphatic carbocycles. The summed E-state index contributed by atoms with van der Waals surface area (Å²) in [4.78, 5) is 21.5. The molecule has 2 heterocycles. The standard InChI is InChI=1S/C22H24N4O2/c1-16-6-5-8-18(14-16)21-23-20(24-28-21)15-25-10-12-26(13-11-25)22(27)19-9-4-3-7-17(19)2/h3-9,14H,10-13,15H2,1-2H3. The number of nitrogens with zero attached hydrogens (tertiary/aromatic N) is 4. The van der Waals surface area contributed by atoms with Crippen molar-refractivity contribution in [3.63, 3.8) is 0 Å². The smallest absolute Gasteiger partial charge is 0.257 e. The van der Waals surface area contributed by atoms with Crippen LogP contribution < -0.4 is 0 Å². The van der Waals surface area contributed by atoms with E-state index in [0.717, 1.165) is 35.3 Å². The number of rotatable bonds is 4. The van der Waals surface area contributed by atoms with Crippen molar-refractivity contribution in [2.75, 3.05) is 26.2 Å². The van der Waals surface area contributed by atoms with Crippen molar-refractivity contribution in [1.29, 1.82) is 0 Å². The van der Waals surface area contributed by atoms with Gasteiger partial charge in [-0.2, -0.15) is 4.98 Å². The van der Waals surface area contributed by atoms with Gasteiger partial charge in [0.1, 0.15) is 0 Å². The predicted molar refractivity (Wildman–Crippen MR) is 107 cm³/mol. The van der Waals surface area contributed by atoms with E-state index < -0.39 is 0 Å². The maximum atomic E-state index is 12.7. The summed E-state index contributed by atoms with van der Waals surface area (Å²) in [5.41, 5.74) is 3.90. The summed E-state index contributed by atoms with van der Waals surface area (Å²) >= 11 is 0. The van der Waals surface area contributed by atoms with Gasteiger partial charge in [-0.05, 0) is 37.6 Å². The zero-order chi connectivity index (χ0) is 19.5. The van der Waals surface area contributed by atoms with Crippen LogP contribution in [0.15, 0.2) is 53.1 Å². The number of hydrogen-bond donors (Lipinski definition) is 0. The first-order valence-corrected chi connectivity index (χ1v) is 9.57. The first-order chi connectivity index (χ1) is 13.6. The Morgan fingerprint density at radius 2 is 1.82 bits per heavy atom. The highest BCUT2D eigenvalue weighted by Crippen LogP contribution is 2.19. The molecule has 1 fully saturated rings. The highest BCUT2D eigenvalue weighted by atomic mass is 16.5. The average molecular weight is 376 g/mol. The van der Waals surface area contributed by atoms with Crippen LogP contribution in [0.4, 0.5) is 0 Å². The minimum Gasteiger partial charge on any atom is -0.336 e. The monoisotopic (exact) mass is 376 g/mol. The van der Waals surface area contributed by atoms with E-state index in [0.29, 0.717) is 31.3 Å². The van der Waals surface area contributed by atoms with Crippen LogP contribution in [0.5, 0.6) is 0 Å². The summed E-state index contributed by atoms with van der Waals surface area (Å²) in [6.45, 7) is 7.65. The van der Waals surface area contributed by atoms with Crippen LogP contribution >= 0.6 is 0 Å². The first kappa shape index (κ1) is 18.4. The van der Waals surface area contributed by atoms with Gasteiger partial charge < -0.3 is 9.42 Å². The van der Waals surface area contributed by atoms with E-state index in [-0.39, 0.29) is 5.91 Å². The first-order valence-electron chi connectivity index (χ1n) is 9.57. The van der Waals surface area contributed by atoms with Crippen molar-refractivity contribution in [1.82, 2.24) is 19.9 Å². The third kappa shape index (κ3) is 3.97. The molecule has 1 aromatic heterocycles. The second-order valence-corrected chi connectivity index (χ2v) is 7.27. The Kier molecular flexibility index (Phi) is 5.21. The SMILES string of the molecule is Cc1cccc(-c2nc(CN3CCN(C(=O)c4ccccc4C)CC3)no2)c1. The van der Waals surface area contributed by atoms with E-state index in [9.17, 15) is 4.79 Å². The Morgan fingerprint density at radius 1 is 1.04 bits per heavy atom. The van der Waals surface area contributed by atoms with Crippen molar-refractivity contribution >= 4 is 5.91 Å². The van der Waals surface area contributed by atoms with Gasteiger partial charge in [-0.1, -0.05) is 41.1 Å². The van der Waals surface area contributed by atoms with E-state index >= 15 is 0 Å². The Labute approximate surface area is 164 Å². The second kappa shape index (κ2) is 7.94. The molecule has 0 atom stereocenters. The average Bonchev–Trinajstić information content (AvgIpc) is 3.17. The molecule has 1 aliphatic heterocycles. The quantitative estimate of drug-likeness (QED) is 0.699. The molecule has 144 valence electrons. The minimum absolute atomic E-state index is 0.110. The molecule has 0 bridgehead atoms. The third-order valence-corrected chi connectivity index (χ3v) is 5.13. The molecule has 28 heavy (non-hydrogen) atoms. The normalized spacial score (nSPS) is 15.0. The van der Waals surface area contributed by atoms with Crippen LogP contribution in [0.2, 0.25) is 0 Å². The predicted octanol–water partition coefficient (Wildman–Crippen LogP) is 3.31. The number of aryl methyl sites for hydroxylation is 2. The fraction of sp³-hybridized carbons (Fsp3) is 0.318. The van der Waals surface area contributed by atoms with E-state index in [1.54, 1.807) is 0 Å². The Balaban J connectivity index is 1.35. The van der Waals surface area contributed by atoms with Gasteiger partial charge in [0.25, 0.3) is 11.8 Å². The van der Waals surface area contributed by atoms with Gasteiger partial charge in [0.2, 0.25) is 0 Å². The van der Waals surface area contributed by atoms with Gasteiger partial charge in [-0.25, -0.2) is 0 Å². The molecule has 4 rings (SSSR count). The summed E-state index contributed by atoms with van der Waals surface area (Å²) in [5.74, 6) is 1.33. The number of hydrogen-bond acceptors (Lipinski definition) is 5. The molecule has 1 amide bonds. The number of carbonyl (C=O) groups excluding carboxylic acids is 1. The highest BCUT2D eigenvalue weighted by Gasteiger charge is 2.24.